The normalized spacial score (nSPS) is 25.0. The van der Waals surface area contributed by atoms with Crippen molar-refractivity contribution in [2.45, 2.75) is 182 Å². The number of carbonyl (C=O) groups is 10. The molecule has 1 aromatic carbocycles. The van der Waals surface area contributed by atoms with Gasteiger partial charge < -0.3 is 96.7 Å². The van der Waals surface area contributed by atoms with Crippen molar-refractivity contribution in [1.29, 1.82) is 0 Å². The Hall–Kier alpha value is -8.65. The molecule has 32 heteroatoms. The lowest BCUT2D eigenvalue weighted by Gasteiger charge is -2.43. The first kappa shape index (κ1) is 69.2. The van der Waals surface area contributed by atoms with E-state index in [0.717, 1.165) is 30.4 Å². The Labute approximate surface area is 537 Å². The lowest BCUT2D eigenvalue weighted by Crippen LogP contribution is -2.63. The Bertz CT molecular complexity index is 3080. The van der Waals surface area contributed by atoms with Crippen molar-refractivity contribution in [1.82, 2.24) is 51.5 Å². The molecule has 10 amide bonds. The van der Waals surface area contributed by atoms with Gasteiger partial charge in [0.2, 0.25) is 59.1 Å². The lowest BCUT2D eigenvalue weighted by atomic mass is 9.84. The third-order valence-corrected chi connectivity index (χ3v) is 18.9. The molecule has 0 bridgehead atoms. The first-order chi connectivity index (χ1) is 44.1. The summed E-state index contributed by atoms with van der Waals surface area (Å²) in [5.74, 6) is -6.70. The summed E-state index contributed by atoms with van der Waals surface area (Å²) in [6, 6.07) is 0.345. The molecule has 21 N–H and O–H groups in total. The monoisotopic (exact) mass is 1300 g/mol. The average molecular weight is 1300 g/mol. The number of aliphatic hydroxyl groups is 1. The largest absolute Gasteiger partial charge is 0.391 e. The minimum Gasteiger partial charge on any atom is -0.391 e. The van der Waals surface area contributed by atoms with Gasteiger partial charge in [-0.05, 0) is 106 Å². The van der Waals surface area contributed by atoms with Crippen LogP contribution in [0.1, 0.15) is 112 Å². The number of rotatable bonds is 24. The second-order valence-corrected chi connectivity index (χ2v) is 25.5. The number of β-amino-alcohol motifs (C(OH)–C–C–N with tert-alkyl or cyclic N) is 1. The van der Waals surface area contributed by atoms with Crippen molar-refractivity contribution in [3.05, 3.63) is 57.8 Å². The third kappa shape index (κ3) is 18.1. The van der Waals surface area contributed by atoms with Crippen molar-refractivity contribution in [2.75, 3.05) is 45.8 Å². The van der Waals surface area contributed by atoms with Crippen LogP contribution in [0.4, 0.5) is 0 Å². The minimum absolute atomic E-state index is 0.00244. The summed E-state index contributed by atoms with van der Waals surface area (Å²) in [5, 5.41) is 29.4. The third-order valence-electron chi connectivity index (χ3n) is 18.0. The van der Waals surface area contributed by atoms with E-state index >= 15 is 9.59 Å². The van der Waals surface area contributed by atoms with Crippen LogP contribution < -0.4 is 72.0 Å². The summed E-state index contributed by atoms with van der Waals surface area (Å²) in [5.41, 5.74) is 40.8. The number of thiophene rings is 1. The van der Waals surface area contributed by atoms with Gasteiger partial charge in [0.05, 0.1) is 18.7 Å². The van der Waals surface area contributed by atoms with Gasteiger partial charge in [-0.3, -0.25) is 62.9 Å². The van der Waals surface area contributed by atoms with E-state index in [-0.39, 0.29) is 133 Å². The van der Waals surface area contributed by atoms with Crippen LogP contribution in [-0.4, -0.2) is 214 Å². The zero-order chi connectivity index (χ0) is 66.2. The van der Waals surface area contributed by atoms with E-state index in [1.807, 2.05) is 24.3 Å². The molecule has 0 radical (unpaired) electrons. The van der Waals surface area contributed by atoms with E-state index in [9.17, 15) is 43.5 Å². The predicted octanol–water partition coefficient (Wildman–Crippen LogP) is -4.58. The van der Waals surface area contributed by atoms with E-state index in [1.54, 1.807) is 22.4 Å². The lowest BCUT2D eigenvalue weighted by molar-refractivity contribution is -0.153. The number of benzene rings is 1. The number of nitrogens with two attached hydrogens (primary N) is 7. The van der Waals surface area contributed by atoms with E-state index in [4.69, 9.17) is 40.1 Å². The highest BCUT2D eigenvalue weighted by Crippen LogP contribution is 2.41. The van der Waals surface area contributed by atoms with Crippen LogP contribution in [0.15, 0.2) is 56.8 Å². The number of hydrogen-bond donors (Lipinski definition) is 14. The summed E-state index contributed by atoms with van der Waals surface area (Å²) in [4.78, 5) is 163. The van der Waals surface area contributed by atoms with Crippen molar-refractivity contribution in [2.24, 2.45) is 61.0 Å². The van der Waals surface area contributed by atoms with E-state index < -0.39 is 126 Å². The Kier molecular flexibility index (Phi) is 24.5. The summed E-state index contributed by atoms with van der Waals surface area (Å²) in [6.07, 6.45) is 4.12. The smallest absolute Gasteiger partial charge is 0.246 e. The van der Waals surface area contributed by atoms with Crippen molar-refractivity contribution in [3.8, 4) is 0 Å². The number of likely N-dealkylation sites (tertiary alicyclic amines) is 2. The summed E-state index contributed by atoms with van der Waals surface area (Å²) in [7, 11) is 0. The van der Waals surface area contributed by atoms with Gasteiger partial charge in [-0.25, -0.2) is 0 Å². The van der Waals surface area contributed by atoms with Crippen LogP contribution in [0.5, 0.6) is 0 Å². The molecule has 8 rings (SSSR count). The molecule has 1 unspecified atom stereocenters. The summed E-state index contributed by atoms with van der Waals surface area (Å²) >= 11 is 1.31. The molecule has 6 aliphatic rings. The van der Waals surface area contributed by atoms with E-state index in [2.05, 4.69) is 46.9 Å². The Morgan fingerprint density at radius 2 is 1.41 bits per heavy atom. The number of aliphatic imine (C=N–C) groups is 3. The van der Waals surface area contributed by atoms with E-state index in [0.29, 0.717) is 37.0 Å². The van der Waals surface area contributed by atoms with Crippen LogP contribution in [0.25, 0.3) is 0 Å². The van der Waals surface area contributed by atoms with Gasteiger partial charge in [-0.1, -0.05) is 43.2 Å². The number of aliphatic hydroxyl groups excluding tert-OH is 1. The zero-order valence-electron chi connectivity index (χ0n) is 51.8. The van der Waals surface area contributed by atoms with Gasteiger partial charge in [0.25, 0.3) is 0 Å². The molecule has 31 nitrogen and oxygen atoms in total. The maximum atomic E-state index is 15.5. The number of carbonyl (C=O) groups excluding carboxylic acids is 10. The van der Waals surface area contributed by atoms with Crippen molar-refractivity contribution in [3.63, 3.8) is 0 Å². The predicted molar refractivity (Wildman–Crippen MR) is 340 cm³/mol. The van der Waals surface area contributed by atoms with Gasteiger partial charge in [-0.15, -0.1) is 11.3 Å². The number of fused-ring (bicyclic) bond motifs is 5. The van der Waals surface area contributed by atoms with Gasteiger partial charge in [0, 0.05) is 76.0 Å². The van der Waals surface area contributed by atoms with E-state index in [1.165, 1.54) is 26.0 Å². The topological polar surface area (TPSA) is 495 Å². The maximum Gasteiger partial charge on any atom is 0.246 e. The van der Waals surface area contributed by atoms with Crippen molar-refractivity contribution >= 4 is 88.3 Å². The molecule has 1 aliphatic carbocycles. The minimum atomic E-state index is -1.37. The van der Waals surface area contributed by atoms with Gasteiger partial charge >= 0.3 is 0 Å². The number of hydrogen-bond acceptors (Lipinski definition) is 16. The van der Waals surface area contributed by atoms with Crippen LogP contribution in [0.3, 0.4) is 0 Å². The number of guanidine groups is 3. The number of nitrogens with zero attached hydrogens (tertiary/aromatic N) is 7. The number of amides is 10. The molecule has 92 heavy (non-hydrogen) atoms. The average Bonchev–Trinajstić information content (AvgIpc) is 1.49. The van der Waals surface area contributed by atoms with Crippen LogP contribution in [-0.2, 0) is 67.3 Å². The highest BCUT2D eigenvalue weighted by Gasteiger charge is 2.52. The zero-order valence-corrected chi connectivity index (χ0v) is 52.6. The second kappa shape index (κ2) is 32.6. The molecule has 5 fully saturated rings. The molecule has 502 valence electrons. The molecule has 1 aromatic heterocycles. The highest BCUT2D eigenvalue weighted by molar-refractivity contribution is 7.09. The van der Waals surface area contributed by atoms with Crippen LogP contribution in [0.2, 0.25) is 0 Å². The maximum absolute atomic E-state index is 15.5. The Morgan fingerprint density at radius 1 is 0.717 bits per heavy atom. The molecule has 12 atom stereocenters. The number of nitrogens with one attached hydrogen (secondary N) is 6. The molecule has 1 saturated carbocycles. The quantitative estimate of drug-likeness (QED) is 0.0267. The molecular formula is C60H90N20O11S. The highest BCUT2D eigenvalue weighted by atomic mass is 32.1. The van der Waals surface area contributed by atoms with Gasteiger partial charge in [-0.2, -0.15) is 0 Å². The van der Waals surface area contributed by atoms with Gasteiger partial charge in [0.1, 0.15) is 48.3 Å². The SMILES string of the molecule is NC(N)=NCCC[C@@H](N)C(=O)N[C@@H](CCCN=C(N)N)C(=O)N1CCC[C@H]1C(=O)N1C[C@@H](O)C[C@H]1C(=O)NCC(=O)N[C@@H](Cc1cccs1)C(=O)NC1CCNC(=O)[C@H](CCCN=C(N)N)NC(=O)[C@@H]2C[C@@H]3CCCC[C@@H]3N2C(=O)[C@H]2Cc3ccccc3CN2C1=O. The Balaban J connectivity index is 0.975. The fourth-order valence-electron chi connectivity index (χ4n) is 13.4. The molecular weight excluding hydrogens is 1210 g/mol. The molecule has 6 heterocycles. The molecule has 5 aliphatic heterocycles. The molecule has 0 spiro atoms. The van der Waals surface area contributed by atoms with Crippen LogP contribution >= 0.6 is 11.3 Å². The van der Waals surface area contributed by atoms with Gasteiger partial charge in [0.15, 0.2) is 17.9 Å². The fourth-order valence-corrected chi connectivity index (χ4v) is 14.2. The molecule has 4 saturated heterocycles. The summed E-state index contributed by atoms with van der Waals surface area (Å²) < 4.78 is 0. The fraction of sp³-hybridized carbons (Fsp3) is 0.617. The first-order valence-electron chi connectivity index (χ1n) is 31.8. The standard InChI is InChI=1S/C60H90N20O11S/c61-38(14-5-20-69-58(62)63)49(83)75-40(16-7-22-71-60(66)67)54(88)77-24-8-18-44(77)56(90)79-32-36(81)28-45(79)52(86)72-30-48(82)73-42(29-37-13-9-25-92-37)51(85)76-41-19-23-68-50(84)39(15-6-21-70-59(64)65)74-53(87)46-27-34-11-3-4-17-43(34)80(46)57(91)47-26-33-10-1-2-12-35(33)31-78(47)55(41)89/h1-2,9-10,12-13,25,34,36,38-47,81H,3-8,11,14-24,26-32,61H2,(H,68,84)(H,72,86)(H,73,82)(H,74,87)(H,75,83)(H,76,85)(H4,62,63,69)(H4,64,65,70)(H4,66,67,71)/t34-,36-,38+,39-,40-,41?,42-,43-,44-,45-,46-,47+/m0/s1. The van der Waals surface area contributed by atoms with Crippen LogP contribution in [0, 0.1) is 5.92 Å². The molecule has 2 aromatic rings. The first-order valence-corrected chi connectivity index (χ1v) is 32.6. The summed E-state index contributed by atoms with van der Waals surface area (Å²) in [6.45, 7) is -0.456. The second-order valence-electron chi connectivity index (χ2n) is 24.5. The Morgan fingerprint density at radius 3 is 2.12 bits per heavy atom. The van der Waals surface area contributed by atoms with Crippen molar-refractivity contribution < 1.29 is 53.1 Å².